The Bertz CT molecular complexity index is 1320. The molecule has 5 nitrogen and oxygen atoms in total. The molecule has 6 heteroatoms. The summed E-state index contributed by atoms with van der Waals surface area (Å²) in [5.74, 6) is 0.817. The first-order valence-electron chi connectivity index (χ1n) is 17.1. The van der Waals surface area contributed by atoms with E-state index < -0.39 is 10.1 Å². The predicted octanol–water partition coefficient (Wildman–Crippen LogP) is 10.2. The molecule has 0 atom stereocenters. The van der Waals surface area contributed by atoms with Gasteiger partial charge < -0.3 is 9.29 Å². The molecule has 3 saturated carbocycles. The Morgan fingerprint density at radius 3 is 1.44 bits per heavy atom. The maximum absolute atomic E-state index is 14.5. The molecule has 0 spiro atoms. The van der Waals surface area contributed by atoms with Gasteiger partial charge in [0.2, 0.25) is 0 Å². The molecule has 0 saturated heterocycles. The van der Waals surface area contributed by atoms with E-state index in [4.69, 9.17) is 4.74 Å². The van der Waals surface area contributed by atoms with Gasteiger partial charge in [-0.25, -0.2) is 13.2 Å². The Morgan fingerprint density at radius 1 is 0.674 bits per heavy atom. The summed E-state index contributed by atoms with van der Waals surface area (Å²) in [6.45, 7) is 7.47. The Balaban J connectivity index is 1.64. The zero-order valence-corrected chi connectivity index (χ0v) is 27.6. The van der Waals surface area contributed by atoms with E-state index in [1.165, 1.54) is 87.3 Å². The van der Waals surface area contributed by atoms with Crippen molar-refractivity contribution in [1.29, 1.82) is 0 Å². The van der Waals surface area contributed by atoms with Crippen LogP contribution < -0.4 is 4.74 Å². The summed E-state index contributed by atoms with van der Waals surface area (Å²) in [6.07, 6.45) is 18.0. The van der Waals surface area contributed by atoms with E-state index in [-0.39, 0.29) is 22.7 Å². The van der Waals surface area contributed by atoms with Gasteiger partial charge in [0.15, 0.2) is 0 Å². The van der Waals surface area contributed by atoms with Crippen LogP contribution in [0.1, 0.15) is 192 Å². The largest absolute Gasteiger partial charge is 0.744 e. The SMILES string of the molecule is CC(C)c1cc(OC(=O)c2c(C3CCCCC3)cc(C3CCCCC3)cc2C2CCCCC2)cc(C(C)C)c1S(=O)(=O)[O-]. The van der Waals surface area contributed by atoms with Crippen LogP contribution in [0.25, 0.3) is 0 Å². The summed E-state index contributed by atoms with van der Waals surface area (Å²) in [6, 6.07) is 7.97. The molecule has 3 aliphatic rings. The van der Waals surface area contributed by atoms with Crippen LogP contribution in [0.5, 0.6) is 5.75 Å². The van der Waals surface area contributed by atoms with Crippen molar-refractivity contribution >= 4 is 16.1 Å². The summed E-state index contributed by atoms with van der Waals surface area (Å²) in [7, 11) is -4.70. The number of hydrogen-bond donors (Lipinski definition) is 0. The molecule has 0 aromatic heterocycles. The van der Waals surface area contributed by atoms with Crippen LogP contribution in [-0.4, -0.2) is 18.9 Å². The van der Waals surface area contributed by atoms with E-state index in [0.29, 0.717) is 34.6 Å². The molecule has 43 heavy (non-hydrogen) atoms. The molecular weight excluding hydrogens is 556 g/mol. The van der Waals surface area contributed by atoms with Crippen LogP contribution in [0.15, 0.2) is 29.2 Å². The Morgan fingerprint density at radius 2 is 1.07 bits per heavy atom. The highest BCUT2D eigenvalue weighted by Crippen LogP contribution is 2.45. The van der Waals surface area contributed by atoms with Crippen molar-refractivity contribution in [3.05, 3.63) is 57.6 Å². The number of benzene rings is 2. The van der Waals surface area contributed by atoms with Crippen LogP contribution in [-0.2, 0) is 10.1 Å². The van der Waals surface area contributed by atoms with Crippen LogP contribution in [0, 0.1) is 0 Å². The van der Waals surface area contributed by atoms with Crippen molar-refractivity contribution in [1.82, 2.24) is 0 Å². The van der Waals surface area contributed by atoms with Gasteiger partial charge in [0.05, 0.1) is 10.5 Å². The monoisotopic (exact) mass is 607 g/mol. The first-order valence-corrected chi connectivity index (χ1v) is 18.5. The van der Waals surface area contributed by atoms with Gasteiger partial charge in [-0.3, -0.25) is 0 Å². The minimum absolute atomic E-state index is 0.167. The molecule has 0 unspecified atom stereocenters. The second-order valence-corrected chi connectivity index (χ2v) is 15.5. The first kappa shape index (κ1) is 32.2. The Labute approximate surface area is 259 Å². The Hall–Kier alpha value is -2.18. The van der Waals surface area contributed by atoms with Crippen LogP contribution in [0.2, 0.25) is 0 Å². The summed E-state index contributed by atoms with van der Waals surface area (Å²) in [4.78, 5) is 14.3. The van der Waals surface area contributed by atoms with E-state index >= 15 is 0 Å². The second kappa shape index (κ2) is 13.9. The molecule has 0 aliphatic heterocycles. The first-order chi connectivity index (χ1) is 20.5. The fourth-order valence-corrected chi connectivity index (χ4v) is 9.27. The van der Waals surface area contributed by atoms with Crippen LogP contribution >= 0.6 is 0 Å². The fourth-order valence-electron chi connectivity index (χ4n) is 8.10. The van der Waals surface area contributed by atoms with E-state index in [2.05, 4.69) is 12.1 Å². The molecule has 0 heterocycles. The zero-order valence-electron chi connectivity index (χ0n) is 26.8. The van der Waals surface area contributed by atoms with Gasteiger partial charge in [0, 0.05) is 0 Å². The number of ether oxygens (including phenoxy) is 1. The van der Waals surface area contributed by atoms with E-state index in [1.54, 1.807) is 12.1 Å². The summed E-state index contributed by atoms with van der Waals surface area (Å²) in [5, 5.41) is 0. The van der Waals surface area contributed by atoms with Gasteiger partial charge in [-0.05, 0) is 108 Å². The number of carbonyl (C=O) groups is 1. The number of esters is 1. The lowest BCUT2D eigenvalue weighted by atomic mass is 9.73. The van der Waals surface area contributed by atoms with E-state index in [9.17, 15) is 17.8 Å². The molecule has 0 bridgehead atoms. The zero-order chi connectivity index (χ0) is 30.7. The molecular formula is C37H51O5S-. The van der Waals surface area contributed by atoms with Crippen molar-refractivity contribution in [2.45, 2.75) is 158 Å². The molecule has 2 aromatic carbocycles. The van der Waals surface area contributed by atoms with E-state index in [0.717, 1.165) is 31.2 Å². The third-order valence-corrected chi connectivity index (χ3v) is 11.4. The predicted molar refractivity (Wildman–Crippen MR) is 171 cm³/mol. The molecule has 0 N–H and O–H groups in total. The maximum atomic E-state index is 14.5. The third kappa shape index (κ3) is 7.39. The summed E-state index contributed by atoms with van der Waals surface area (Å²) < 4.78 is 43.4. The number of rotatable bonds is 8. The Kier molecular flexibility index (Phi) is 10.4. The minimum Gasteiger partial charge on any atom is -0.744 e. The third-order valence-electron chi connectivity index (χ3n) is 10.4. The van der Waals surface area contributed by atoms with Gasteiger partial charge in [0.25, 0.3) is 0 Å². The maximum Gasteiger partial charge on any atom is 0.344 e. The van der Waals surface area contributed by atoms with Gasteiger partial charge in [-0.2, -0.15) is 0 Å². The number of hydrogen-bond acceptors (Lipinski definition) is 5. The van der Waals surface area contributed by atoms with Crippen LogP contribution in [0.4, 0.5) is 0 Å². The van der Waals surface area contributed by atoms with Gasteiger partial charge in [-0.15, -0.1) is 0 Å². The van der Waals surface area contributed by atoms with Crippen molar-refractivity contribution < 1.29 is 22.5 Å². The lowest BCUT2D eigenvalue weighted by Gasteiger charge is -2.32. The van der Waals surface area contributed by atoms with Crippen LogP contribution in [0.3, 0.4) is 0 Å². The standard InChI is InChI=1S/C37H52O5S/c1-24(2)31-22-30(23-32(25(3)4)36(31)43(39,40)41)42-37(38)35-33(27-16-10-6-11-17-27)20-29(26-14-8-5-9-15-26)21-34(35)28-18-12-7-13-19-28/h20-28H,5-19H2,1-4H3,(H,39,40,41)/p-1. The highest BCUT2D eigenvalue weighted by Gasteiger charge is 2.32. The normalized spacial score (nSPS) is 19.7. The summed E-state index contributed by atoms with van der Waals surface area (Å²) in [5.41, 5.74) is 5.37. The number of carbonyl (C=O) groups excluding carboxylic acids is 1. The molecule has 5 rings (SSSR count). The molecule has 0 radical (unpaired) electrons. The van der Waals surface area contributed by atoms with Gasteiger partial charge in [0.1, 0.15) is 15.9 Å². The average molecular weight is 608 g/mol. The molecule has 3 aliphatic carbocycles. The molecule has 3 fully saturated rings. The molecule has 0 amide bonds. The minimum atomic E-state index is -4.70. The lowest BCUT2D eigenvalue weighted by molar-refractivity contribution is 0.0730. The van der Waals surface area contributed by atoms with Gasteiger partial charge >= 0.3 is 5.97 Å². The highest BCUT2D eigenvalue weighted by atomic mass is 32.2. The van der Waals surface area contributed by atoms with Crippen molar-refractivity contribution in [3.8, 4) is 5.75 Å². The second-order valence-electron chi connectivity index (χ2n) is 14.2. The topological polar surface area (TPSA) is 83.5 Å². The summed E-state index contributed by atoms with van der Waals surface area (Å²) >= 11 is 0. The van der Waals surface area contributed by atoms with Crippen molar-refractivity contribution in [2.75, 3.05) is 0 Å². The van der Waals surface area contributed by atoms with Crippen molar-refractivity contribution in [3.63, 3.8) is 0 Å². The van der Waals surface area contributed by atoms with Gasteiger partial charge in [-0.1, -0.05) is 97.6 Å². The quantitative estimate of drug-likeness (QED) is 0.169. The van der Waals surface area contributed by atoms with E-state index in [1.807, 2.05) is 27.7 Å². The molecule has 2 aromatic rings. The molecule has 236 valence electrons. The lowest BCUT2D eigenvalue weighted by Crippen LogP contribution is -2.21. The smallest absolute Gasteiger partial charge is 0.344 e. The fraction of sp³-hybridized carbons (Fsp3) is 0.649. The highest BCUT2D eigenvalue weighted by molar-refractivity contribution is 7.85. The average Bonchev–Trinajstić information content (AvgIpc) is 3.00. The van der Waals surface area contributed by atoms with Crippen molar-refractivity contribution in [2.24, 2.45) is 0 Å².